The third-order valence-corrected chi connectivity index (χ3v) is 6.63. The Bertz CT molecular complexity index is 1390. The average Bonchev–Trinajstić information content (AvgIpc) is 3.22. The lowest BCUT2D eigenvalue weighted by atomic mass is 10.0. The van der Waals surface area contributed by atoms with Gasteiger partial charge in [0.15, 0.2) is 0 Å². The molecule has 1 aliphatic heterocycles. The zero-order valence-electron chi connectivity index (χ0n) is 18.2. The van der Waals surface area contributed by atoms with E-state index in [4.69, 9.17) is 27.9 Å². The summed E-state index contributed by atoms with van der Waals surface area (Å²) in [5.41, 5.74) is 3.29. The van der Waals surface area contributed by atoms with E-state index in [1.54, 1.807) is 12.3 Å². The summed E-state index contributed by atoms with van der Waals surface area (Å²) in [5, 5.41) is 28.4. The lowest BCUT2D eigenvalue weighted by Gasteiger charge is -2.41. The monoisotopic (exact) mass is 494 g/mol. The molecule has 0 unspecified atom stereocenters. The third kappa shape index (κ3) is 3.92. The van der Waals surface area contributed by atoms with E-state index in [1.165, 1.54) is 12.4 Å². The quantitative estimate of drug-likeness (QED) is 0.391. The Morgan fingerprint density at radius 2 is 2.06 bits per heavy atom. The number of ether oxygens (including phenoxy) is 1. The molecule has 3 aromatic heterocycles. The smallest absolute Gasteiger partial charge is 0.146 e. The van der Waals surface area contributed by atoms with Crippen LogP contribution in [0, 0.1) is 11.3 Å². The van der Waals surface area contributed by atoms with Gasteiger partial charge in [0, 0.05) is 41.6 Å². The summed E-state index contributed by atoms with van der Waals surface area (Å²) in [5.74, 6) is 1.20. The van der Waals surface area contributed by atoms with Crippen molar-refractivity contribution in [3.8, 4) is 23.1 Å². The Hall–Kier alpha value is -3.38. The molecule has 2 N–H and O–H groups in total. The number of anilines is 1. The van der Waals surface area contributed by atoms with Crippen molar-refractivity contribution in [3.63, 3.8) is 0 Å². The molecule has 4 aromatic rings. The van der Waals surface area contributed by atoms with Crippen LogP contribution < -0.4 is 9.64 Å². The van der Waals surface area contributed by atoms with Crippen molar-refractivity contribution in [2.75, 3.05) is 18.1 Å². The molecule has 8 nitrogen and oxygen atoms in total. The molecule has 0 bridgehead atoms. The van der Waals surface area contributed by atoms with Crippen molar-refractivity contribution in [1.82, 2.24) is 20.2 Å². The number of aromatic amines is 1. The van der Waals surface area contributed by atoms with Crippen molar-refractivity contribution >= 4 is 39.9 Å². The molecular weight excluding hydrogens is 475 g/mol. The van der Waals surface area contributed by atoms with Crippen molar-refractivity contribution in [2.24, 2.45) is 0 Å². The van der Waals surface area contributed by atoms with Crippen LogP contribution in [0.4, 0.5) is 5.82 Å². The minimum Gasteiger partial charge on any atom is -0.486 e. The third-order valence-electron chi connectivity index (χ3n) is 6.03. The first kappa shape index (κ1) is 22.4. The minimum atomic E-state index is -0.405. The SMILES string of the molecule is C[C@@H](Oc1ccc2[nH]nc(-c3cnc(N4CC[C@H]4CO)c(C#N)c3)c2c1)c1c(Cl)cncc1Cl. The van der Waals surface area contributed by atoms with Gasteiger partial charge in [-0.05, 0) is 37.6 Å². The van der Waals surface area contributed by atoms with E-state index in [0.717, 1.165) is 23.9 Å². The van der Waals surface area contributed by atoms with E-state index in [9.17, 15) is 10.4 Å². The Morgan fingerprint density at radius 3 is 2.74 bits per heavy atom. The fraction of sp³-hybridized carbons (Fsp3) is 0.250. The molecule has 0 spiro atoms. The Morgan fingerprint density at radius 1 is 1.26 bits per heavy atom. The van der Waals surface area contributed by atoms with Crippen LogP contribution in [-0.4, -0.2) is 44.5 Å². The van der Waals surface area contributed by atoms with Crippen molar-refractivity contribution in [1.29, 1.82) is 5.26 Å². The summed E-state index contributed by atoms with van der Waals surface area (Å²) in [7, 11) is 0. The van der Waals surface area contributed by atoms with E-state index in [-0.39, 0.29) is 12.6 Å². The molecule has 0 aliphatic carbocycles. The van der Waals surface area contributed by atoms with E-state index in [1.807, 2.05) is 30.0 Å². The summed E-state index contributed by atoms with van der Waals surface area (Å²) >= 11 is 12.6. The lowest BCUT2D eigenvalue weighted by molar-refractivity contribution is 0.225. The molecule has 4 heterocycles. The maximum atomic E-state index is 9.72. The van der Waals surface area contributed by atoms with Crippen LogP contribution in [0.1, 0.15) is 30.6 Å². The number of pyridine rings is 2. The van der Waals surface area contributed by atoms with Crippen molar-refractivity contribution in [3.05, 3.63) is 64.0 Å². The van der Waals surface area contributed by atoms with Crippen molar-refractivity contribution < 1.29 is 9.84 Å². The second-order valence-corrected chi connectivity index (χ2v) is 8.90. The number of H-pyrrole nitrogens is 1. The van der Waals surface area contributed by atoms with Crippen LogP contribution in [0.2, 0.25) is 10.0 Å². The number of aliphatic hydroxyl groups excluding tert-OH is 1. The summed E-state index contributed by atoms with van der Waals surface area (Å²) in [6.07, 6.45) is 5.24. The molecule has 1 aliphatic rings. The number of nitrogens with zero attached hydrogens (tertiary/aromatic N) is 5. The first-order chi connectivity index (χ1) is 16.5. The Labute approximate surface area is 205 Å². The highest BCUT2D eigenvalue weighted by Crippen LogP contribution is 2.36. The largest absolute Gasteiger partial charge is 0.486 e. The molecule has 2 atom stereocenters. The van der Waals surface area contributed by atoms with Crippen molar-refractivity contribution in [2.45, 2.75) is 25.5 Å². The first-order valence-electron chi connectivity index (χ1n) is 10.7. The van der Waals surface area contributed by atoms with Crippen LogP contribution in [0.15, 0.2) is 42.9 Å². The van der Waals surface area contributed by atoms with Gasteiger partial charge in [0.1, 0.15) is 29.4 Å². The van der Waals surface area contributed by atoms with E-state index < -0.39 is 6.10 Å². The van der Waals surface area contributed by atoms with E-state index >= 15 is 0 Å². The maximum absolute atomic E-state index is 9.72. The van der Waals surface area contributed by atoms with Crippen LogP contribution in [0.3, 0.4) is 0 Å². The molecule has 1 saturated heterocycles. The summed E-state index contributed by atoms with van der Waals surface area (Å²) in [6.45, 7) is 2.67. The van der Waals surface area contributed by atoms with Gasteiger partial charge < -0.3 is 14.7 Å². The topological polar surface area (TPSA) is 111 Å². The Balaban J connectivity index is 1.47. The molecule has 5 rings (SSSR count). The summed E-state index contributed by atoms with van der Waals surface area (Å²) in [6, 6.07) is 9.60. The number of benzene rings is 1. The molecule has 1 aromatic carbocycles. The van der Waals surface area contributed by atoms with Gasteiger partial charge in [0.2, 0.25) is 0 Å². The molecule has 10 heteroatoms. The van der Waals surface area contributed by atoms with Gasteiger partial charge in [-0.3, -0.25) is 10.1 Å². The molecule has 0 amide bonds. The van der Waals surface area contributed by atoms with Crippen LogP contribution in [-0.2, 0) is 0 Å². The van der Waals surface area contributed by atoms with Gasteiger partial charge in [-0.1, -0.05) is 23.2 Å². The average molecular weight is 495 g/mol. The van der Waals surface area contributed by atoms with Crippen LogP contribution in [0.25, 0.3) is 22.2 Å². The van der Waals surface area contributed by atoms with Gasteiger partial charge in [0.05, 0.1) is 33.8 Å². The number of aromatic nitrogens is 4. The first-order valence-corrected chi connectivity index (χ1v) is 11.5. The number of halogens is 2. The predicted molar refractivity (Wildman–Crippen MR) is 130 cm³/mol. The van der Waals surface area contributed by atoms with Crippen LogP contribution >= 0.6 is 23.2 Å². The fourth-order valence-electron chi connectivity index (χ4n) is 4.17. The Kier molecular flexibility index (Phi) is 6.00. The maximum Gasteiger partial charge on any atom is 0.146 e. The number of hydrogen-bond donors (Lipinski definition) is 2. The number of nitrogens with one attached hydrogen (secondary N) is 1. The minimum absolute atomic E-state index is 0.000706. The molecular formula is C24H20Cl2N6O2. The number of fused-ring (bicyclic) bond motifs is 1. The zero-order valence-corrected chi connectivity index (χ0v) is 19.7. The number of rotatable bonds is 6. The molecule has 0 saturated carbocycles. The summed E-state index contributed by atoms with van der Waals surface area (Å²) < 4.78 is 6.14. The highest BCUT2D eigenvalue weighted by molar-refractivity contribution is 6.35. The van der Waals surface area contributed by atoms with Gasteiger partial charge in [0.25, 0.3) is 0 Å². The van der Waals surface area contributed by atoms with E-state index in [0.29, 0.717) is 44.0 Å². The standard InChI is InChI=1S/C24H20Cl2N6O2/c1-13(22-19(25)10-28-11-20(22)26)34-17-2-3-21-18(7-17)23(31-30-21)15-6-14(8-27)24(29-9-15)32-5-4-16(32)12-33/h2-3,6-7,9-11,13,16,33H,4-5,12H2,1H3,(H,30,31)/t13-,16+/m1/s1. The molecule has 172 valence electrons. The predicted octanol–water partition coefficient (Wildman–Crippen LogP) is 4.91. The number of nitriles is 1. The second-order valence-electron chi connectivity index (χ2n) is 8.08. The fourth-order valence-corrected chi connectivity index (χ4v) is 4.84. The van der Waals surface area contributed by atoms with E-state index in [2.05, 4.69) is 26.2 Å². The van der Waals surface area contributed by atoms with Gasteiger partial charge >= 0.3 is 0 Å². The zero-order chi connectivity index (χ0) is 23.8. The lowest BCUT2D eigenvalue weighted by Crippen LogP contribution is -2.50. The molecule has 34 heavy (non-hydrogen) atoms. The van der Waals surface area contributed by atoms with Gasteiger partial charge in [-0.25, -0.2) is 4.98 Å². The number of hydrogen-bond acceptors (Lipinski definition) is 7. The summed E-state index contributed by atoms with van der Waals surface area (Å²) in [4.78, 5) is 10.5. The second kappa shape index (κ2) is 9.11. The van der Waals surface area contributed by atoms with Gasteiger partial charge in [-0.2, -0.15) is 10.4 Å². The highest BCUT2D eigenvalue weighted by Gasteiger charge is 2.30. The van der Waals surface area contributed by atoms with Gasteiger partial charge in [-0.15, -0.1) is 0 Å². The molecule has 0 radical (unpaired) electrons. The highest BCUT2D eigenvalue weighted by atomic mass is 35.5. The van der Waals surface area contributed by atoms with Crippen LogP contribution in [0.5, 0.6) is 5.75 Å². The normalized spacial score (nSPS) is 16.2. The molecule has 1 fully saturated rings. The number of aliphatic hydroxyl groups is 1.